The van der Waals surface area contributed by atoms with E-state index in [0.29, 0.717) is 28.4 Å². The monoisotopic (exact) mass is 585 g/mol. The first-order chi connectivity index (χ1) is 20.1. The van der Waals surface area contributed by atoms with Gasteiger partial charge in [0, 0.05) is 16.9 Å². The van der Waals surface area contributed by atoms with Crippen LogP contribution >= 0.6 is 0 Å². The Morgan fingerprint density at radius 3 is 1.88 bits per heavy atom. The number of nitrogens with one attached hydrogen (secondary N) is 2. The van der Waals surface area contributed by atoms with Crippen molar-refractivity contribution in [2.24, 2.45) is 10.8 Å². The number of para-hydroxylation sites is 1. The van der Waals surface area contributed by atoms with E-state index in [1.807, 2.05) is 30.3 Å². The number of fused-ring (bicyclic) bond motifs is 1. The molecule has 224 valence electrons. The number of rotatable bonds is 6. The third kappa shape index (κ3) is 7.40. The number of hydrogen-bond acceptors (Lipinski definition) is 7. The molecule has 3 aromatic rings. The van der Waals surface area contributed by atoms with Crippen molar-refractivity contribution in [3.05, 3.63) is 84.1 Å². The van der Waals surface area contributed by atoms with Gasteiger partial charge in [0.05, 0.1) is 22.1 Å². The van der Waals surface area contributed by atoms with E-state index >= 15 is 0 Å². The van der Waals surface area contributed by atoms with Gasteiger partial charge in [-0.3, -0.25) is 9.59 Å². The fourth-order valence-corrected chi connectivity index (χ4v) is 3.83. The predicted octanol–water partition coefficient (Wildman–Crippen LogP) is 7.29. The molecule has 3 amide bonds. The maximum absolute atomic E-state index is 13.5. The van der Waals surface area contributed by atoms with Crippen LogP contribution in [-0.4, -0.2) is 23.9 Å². The average Bonchev–Trinajstić information content (AvgIpc) is 3.19. The third-order valence-corrected chi connectivity index (χ3v) is 6.23. The van der Waals surface area contributed by atoms with Crippen LogP contribution in [0.25, 0.3) is 5.57 Å². The summed E-state index contributed by atoms with van der Waals surface area (Å²) in [4.78, 5) is 57.1. The zero-order valence-electron chi connectivity index (χ0n) is 25.2. The molecule has 0 unspecified atom stereocenters. The van der Waals surface area contributed by atoms with Gasteiger partial charge in [-0.1, -0.05) is 18.2 Å². The lowest BCUT2D eigenvalue weighted by atomic mass is 9.97. The van der Waals surface area contributed by atoms with Gasteiger partial charge in [0.2, 0.25) is 0 Å². The van der Waals surface area contributed by atoms with Crippen LogP contribution in [0.5, 0.6) is 11.5 Å². The first kappa shape index (κ1) is 30.8. The summed E-state index contributed by atoms with van der Waals surface area (Å²) in [5.74, 6) is -0.471. The number of anilines is 3. The van der Waals surface area contributed by atoms with E-state index < -0.39 is 34.7 Å². The van der Waals surface area contributed by atoms with Gasteiger partial charge in [-0.25, -0.2) is 9.59 Å². The lowest BCUT2D eigenvalue weighted by Gasteiger charge is -2.22. The maximum Gasteiger partial charge on any atom is 0.338 e. The van der Waals surface area contributed by atoms with Crippen LogP contribution in [0, 0.1) is 10.8 Å². The number of carbonyl (C=O) groups is 4. The molecule has 10 nitrogen and oxygen atoms in total. The number of benzene rings is 3. The molecule has 0 aliphatic carbocycles. The number of ether oxygens (including phenoxy) is 2. The van der Waals surface area contributed by atoms with E-state index in [4.69, 9.17) is 14.3 Å². The molecule has 10 heteroatoms. The first-order valence-corrected chi connectivity index (χ1v) is 13.7. The van der Waals surface area contributed by atoms with Gasteiger partial charge < -0.3 is 24.9 Å². The summed E-state index contributed by atoms with van der Waals surface area (Å²) in [6.07, 6.45) is 0. The Morgan fingerprint density at radius 2 is 1.28 bits per heavy atom. The molecule has 3 aromatic carbocycles. The molecule has 1 aliphatic rings. The number of amides is 3. The van der Waals surface area contributed by atoms with E-state index in [2.05, 4.69) is 10.6 Å². The Bertz CT molecular complexity index is 1580. The van der Waals surface area contributed by atoms with Gasteiger partial charge in [0.25, 0.3) is 5.91 Å². The van der Waals surface area contributed by atoms with E-state index in [9.17, 15) is 19.2 Å². The highest BCUT2D eigenvalue weighted by Gasteiger charge is 2.40. The maximum atomic E-state index is 13.5. The second kappa shape index (κ2) is 12.0. The van der Waals surface area contributed by atoms with E-state index in [0.717, 1.165) is 5.06 Å². The number of carbonyl (C=O) groups excluding carboxylic acids is 4. The highest BCUT2D eigenvalue weighted by molar-refractivity contribution is 6.32. The molecule has 1 aliphatic heterocycles. The minimum atomic E-state index is -0.905. The van der Waals surface area contributed by atoms with Crippen LogP contribution in [0.4, 0.5) is 21.9 Å². The lowest BCUT2D eigenvalue weighted by Crippen LogP contribution is -2.35. The summed E-state index contributed by atoms with van der Waals surface area (Å²) in [6.45, 7) is 11.6. The minimum absolute atomic E-state index is 0.0682. The van der Waals surface area contributed by atoms with Crippen LogP contribution in [0.15, 0.2) is 78.6 Å². The predicted molar refractivity (Wildman–Crippen MR) is 163 cm³/mol. The topological polar surface area (TPSA) is 123 Å². The molecule has 4 rings (SSSR count). The number of hydroxylamine groups is 1. The van der Waals surface area contributed by atoms with E-state index in [1.165, 1.54) is 13.0 Å². The normalized spacial score (nSPS) is 14.0. The summed E-state index contributed by atoms with van der Waals surface area (Å²) < 4.78 is 11.3. The molecule has 0 aromatic heterocycles. The Kier molecular flexibility index (Phi) is 8.61. The van der Waals surface area contributed by atoms with Gasteiger partial charge >= 0.3 is 18.0 Å². The fraction of sp³-hybridized carbons (Fsp3) is 0.273. The zero-order chi connectivity index (χ0) is 31.5. The summed E-state index contributed by atoms with van der Waals surface area (Å²) in [5, 5.41) is 6.34. The van der Waals surface area contributed by atoms with Crippen molar-refractivity contribution in [1.82, 2.24) is 0 Å². The minimum Gasteiger partial charge on any atom is -0.457 e. The zero-order valence-corrected chi connectivity index (χ0v) is 25.2. The molecule has 0 fully saturated rings. The Hall–Kier alpha value is -5.12. The van der Waals surface area contributed by atoms with Crippen LogP contribution in [-0.2, 0) is 24.0 Å². The summed E-state index contributed by atoms with van der Waals surface area (Å²) in [5.41, 5.74) is -0.191. The van der Waals surface area contributed by atoms with Gasteiger partial charge in [0.1, 0.15) is 17.3 Å². The fourth-order valence-electron chi connectivity index (χ4n) is 3.83. The smallest absolute Gasteiger partial charge is 0.338 e. The average molecular weight is 586 g/mol. The van der Waals surface area contributed by atoms with Crippen LogP contribution in [0.1, 0.15) is 54.0 Å². The van der Waals surface area contributed by atoms with Gasteiger partial charge in [-0.15, -0.1) is 5.06 Å². The van der Waals surface area contributed by atoms with Gasteiger partial charge in [0.15, 0.2) is 0 Å². The Morgan fingerprint density at radius 1 is 0.721 bits per heavy atom. The van der Waals surface area contributed by atoms with Crippen molar-refractivity contribution >= 4 is 46.5 Å². The number of nitrogens with zero attached hydrogens (tertiary/aromatic N) is 1. The highest BCUT2D eigenvalue weighted by atomic mass is 16.7. The standard InChI is InChI=1S/C33H35N3O7/c1-20(41-29(38)32(2,3)4)27-25-18-15-22(19-26(25)36(28(27)37)43-30(39)33(5,6)7)35-31(40)34-21-13-16-24(17-14-21)42-23-11-9-8-10-12-23/h8-19H,1-7H3,(H2,34,35,40)/b27-20-. The molecule has 0 saturated heterocycles. The molecule has 0 spiro atoms. The molecular formula is C33H35N3O7. The van der Waals surface area contributed by atoms with Gasteiger partial charge in [-0.05, 0) is 103 Å². The molecule has 43 heavy (non-hydrogen) atoms. The van der Waals surface area contributed by atoms with Crippen molar-refractivity contribution in [1.29, 1.82) is 0 Å². The Labute approximate surface area is 250 Å². The molecule has 0 saturated carbocycles. The number of esters is 1. The van der Waals surface area contributed by atoms with Crippen molar-refractivity contribution in [2.45, 2.75) is 48.5 Å². The molecule has 1 heterocycles. The van der Waals surface area contributed by atoms with Crippen molar-refractivity contribution in [3.8, 4) is 11.5 Å². The second-order valence-electron chi connectivity index (χ2n) is 12.0. The largest absolute Gasteiger partial charge is 0.457 e. The summed E-state index contributed by atoms with van der Waals surface area (Å²) >= 11 is 0. The lowest BCUT2D eigenvalue weighted by molar-refractivity contribution is -0.157. The molecule has 0 bridgehead atoms. The number of allylic oxidation sites excluding steroid dienone is 1. The molecule has 0 atom stereocenters. The van der Waals surface area contributed by atoms with Gasteiger partial charge in [-0.2, -0.15) is 0 Å². The second-order valence-corrected chi connectivity index (χ2v) is 12.0. The van der Waals surface area contributed by atoms with Crippen molar-refractivity contribution in [3.63, 3.8) is 0 Å². The SMILES string of the molecule is C/C(OC(=O)C(C)(C)C)=C1/C(=O)N(OC(=O)C(C)(C)C)c2cc(NC(=O)Nc3ccc(Oc4ccccc4)cc3)ccc21. The van der Waals surface area contributed by atoms with Crippen molar-refractivity contribution < 1.29 is 33.5 Å². The highest BCUT2D eigenvalue weighted by Crippen LogP contribution is 2.41. The summed E-state index contributed by atoms with van der Waals surface area (Å²) in [7, 11) is 0. The number of hydrogen-bond donors (Lipinski definition) is 2. The molecule has 2 N–H and O–H groups in total. The van der Waals surface area contributed by atoms with Crippen LogP contribution in [0.2, 0.25) is 0 Å². The van der Waals surface area contributed by atoms with E-state index in [-0.39, 0.29) is 17.0 Å². The van der Waals surface area contributed by atoms with Crippen LogP contribution < -0.4 is 20.4 Å². The number of urea groups is 1. The van der Waals surface area contributed by atoms with Crippen LogP contribution in [0.3, 0.4) is 0 Å². The quantitative estimate of drug-likeness (QED) is 0.177. The molecule has 0 radical (unpaired) electrons. The Balaban J connectivity index is 1.55. The first-order valence-electron chi connectivity index (χ1n) is 13.7. The van der Waals surface area contributed by atoms with Crippen molar-refractivity contribution in [2.75, 3.05) is 15.7 Å². The molecular weight excluding hydrogens is 550 g/mol. The summed E-state index contributed by atoms with van der Waals surface area (Å²) in [6, 6.07) is 20.3. The van der Waals surface area contributed by atoms with E-state index in [1.54, 1.807) is 77.9 Å². The third-order valence-electron chi connectivity index (χ3n) is 6.23.